The number of nitrogens with two attached hydrogens (primary N) is 1. The Balaban J connectivity index is 2.53. The molecule has 1 aliphatic heterocycles. The van der Waals surface area contributed by atoms with Gasteiger partial charge >= 0.3 is 0 Å². The van der Waals surface area contributed by atoms with Gasteiger partial charge in [-0.3, -0.25) is 4.79 Å². The summed E-state index contributed by atoms with van der Waals surface area (Å²) in [4.78, 5) is 11.5. The number of fused-ring (bicyclic) bond motifs is 1. The van der Waals surface area contributed by atoms with E-state index in [0.29, 0.717) is 23.6 Å². The molecule has 0 saturated carbocycles. The number of amides is 1. The van der Waals surface area contributed by atoms with E-state index in [-0.39, 0.29) is 5.91 Å². The predicted molar refractivity (Wildman–Crippen MR) is 53.4 cm³/mol. The van der Waals surface area contributed by atoms with E-state index in [1.807, 2.05) is 0 Å². The first-order valence-electron chi connectivity index (χ1n) is 4.50. The Labute approximate surface area is 82.1 Å². The molecule has 3 N–H and O–H groups in total. The number of nitrogens with one attached hydrogen (secondary N) is 1. The second kappa shape index (κ2) is 3.21. The molecule has 1 aromatic rings. The van der Waals surface area contributed by atoms with E-state index in [2.05, 4.69) is 5.32 Å². The minimum Gasteiger partial charge on any atom is -0.491 e. The largest absolute Gasteiger partial charge is 0.491 e. The number of nitrogen functional groups attached to an aromatic ring is 1. The van der Waals surface area contributed by atoms with Crippen molar-refractivity contribution in [1.29, 1.82) is 0 Å². The number of carbonyl (C=O) groups is 1. The lowest BCUT2D eigenvalue weighted by molar-refractivity contribution is 0.0962. The standard InChI is InChI=1S/C10H12N2O2/c1-12-10(13)7-2-3-8(11)9-6(7)4-5-14-9/h2-3H,4-5,11H2,1H3,(H,12,13). The lowest BCUT2D eigenvalue weighted by Crippen LogP contribution is -2.19. The van der Waals surface area contributed by atoms with Crippen LogP contribution in [0.2, 0.25) is 0 Å². The second-order valence-electron chi connectivity index (χ2n) is 3.19. The van der Waals surface area contributed by atoms with Crippen LogP contribution in [0.25, 0.3) is 0 Å². The summed E-state index contributed by atoms with van der Waals surface area (Å²) >= 11 is 0. The molecule has 14 heavy (non-hydrogen) atoms. The lowest BCUT2D eigenvalue weighted by Gasteiger charge is -2.07. The van der Waals surface area contributed by atoms with Crippen molar-refractivity contribution in [2.75, 3.05) is 19.4 Å². The van der Waals surface area contributed by atoms with E-state index >= 15 is 0 Å². The lowest BCUT2D eigenvalue weighted by atomic mass is 10.0. The van der Waals surface area contributed by atoms with Gasteiger partial charge in [-0.1, -0.05) is 0 Å². The Morgan fingerprint density at radius 2 is 2.36 bits per heavy atom. The van der Waals surface area contributed by atoms with Gasteiger partial charge in [0.1, 0.15) is 5.75 Å². The van der Waals surface area contributed by atoms with Gasteiger partial charge in [-0.25, -0.2) is 0 Å². The summed E-state index contributed by atoms with van der Waals surface area (Å²) in [7, 11) is 1.61. The topological polar surface area (TPSA) is 64.4 Å². The molecule has 1 amide bonds. The third kappa shape index (κ3) is 1.19. The van der Waals surface area contributed by atoms with E-state index < -0.39 is 0 Å². The van der Waals surface area contributed by atoms with Gasteiger partial charge < -0.3 is 15.8 Å². The molecule has 2 rings (SSSR count). The van der Waals surface area contributed by atoms with E-state index in [0.717, 1.165) is 12.0 Å². The number of ether oxygens (including phenoxy) is 1. The first-order valence-corrected chi connectivity index (χ1v) is 4.50. The first kappa shape index (κ1) is 8.87. The van der Waals surface area contributed by atoms with Crippen molar-refractivity contribution in [3.05, 3.63) is 23.3 Å². The minimum absolute atomic E-state index is 0.0910. The Bertz CT molecular complexity index is 388. The predicted octanol–water partition coefficient (Wildman–Crippen LogP) is 0.563. The van der Waals surface area contributed by atoms with Crippen LogP contribution in [0.15, 0.2) is 12.1 Å². The number of carbonyl (C=O) groups excluding carboxylic acids is 1. The van der Waals surface area contributed by atoms with E-state index in [1.54, 1.807) is 19.2 Å². The average Bonchev–Trinajstić information content (AvgIpc) is 2.67. The number of anilines is 1. The summed E-state index contributed by atoms with van der Waals surface area (Å²) in [5.74, 6) is 0.581. The van der Waals surface area contributed by atoms with Crippen LogP contribution in [0.3, 0.4) is 0 Å². The maximum Gasteiger partial charge on any atom is 0.251 e. The third-order valence-electron chi connectivity index (χ3n) is 2.36. The zero-order valence-corrected chi connectivity index (χ0v) is 7.96. The van der Waals surface area contributed by atoms with Crippen LogP contribution >= 0.6 is 0 Å². The van der Waals surface area contributed by atoms with Crippen molar-refractivity contribution in [2.24, 2.45) is 0 Å². The van der Waals surface area contributed by atoms with Crippen molar-refractivity contribution < 1.29 is 9.53 Å². The summed E-state index contributed by atoms with van der Waals surface area (Å²) in [5.41, 5.74) is 7.91. The SMILES string of the molecule is CNC(=O)c1ccc(N)c2c1CCO2. The molecule has 0 fully saturated rings. The average molecular weight is 192 g/mol. The molecule has 4 heteroatoms. The fraction of sp³-hybridized carbons (Fsp3) is 0.300. The number of hydrogen-bond donors (Lipinski definition) is 2. The molecule has 4 nitrogen and oxygen atoms in total. The van der Waals surface area contributed by atoms with E-state index in [4.69, 9.17) is 10.5 Å². The molecule has 0 aromatic heterocycles. The van der Waals surface area contributed by atoms with Gasteiger partial charge in [0.2, 0.25) is 0 Å². The molecule has 1 heterocycles. The minimum atomic E-state index is -0.0910. The normalized spacial score (nSPS) is 13.2. The third-order valence-corrected chi connectivity index (χ3v) is 2.36. The number of rotatable bonds is 1. The monoisotopic (exact) mass is 192 g/mol. The fourth-order valence-electron chi connectivity index (χ4n) is 1.67. The molecule has 0 unspecified atom stereocenters. The summed E-state index contributed by atoms with van der Waals surface area (Å²) in [5, 5.41) is 2.60. The zero-order chi connectivity index (χ0) is 10.1. The van der Waals surface area contributed by atoms with Crippen molar-refractivity contribution in [3.8, 4) is 5.75 Å². The summed E-state index contributed by atoms with van der Waals surface area (Å²) in [6.45, 7) is 0.605. The van der Waals surface area contributed by atoms with Gasteiger partial charge in [-0.05, 0) is 12.1 Å². The van der Waals surface area contributed by atoms with Gasteiger partial charge in [0.15, 0.2) is 0 Å². The van der Waals surface area contributed by atoms with Crippen molar-refractivity contribution >= 4 is 11.6 Å². The van der Waals surface area contributed by atoms with Crippen LogP contribution in [0.5, 0.6) is 5.75 Å². The highest BCUT2D eigenvalue weighted by molar-refractivity contribution is 5.97. The molecule has 0 radical (unpaired) electrons. The van der Waals surface area contributed by atoms with Gasteiger partial charge in [0.25, 0.3) is 5.91 Å². The van der Waals surface area contributed by atoms with Gasteiger partial charge in [-0.15, -0.1) is 0 Å². The van der Waals surface area contributed by atoms with Crippen molar-refractivity contribution in [3.63, 3.8) is 0 Å². The maximum atomic E-state index is 11.5. The van der Waals surface area contributed by atoms with E-state index in [9.17, 15) is 4.79 Å². The first-order chi connectivity index (χ1) is 6.74. The van der Waals surface area contributed by atoms with Crippen LogP contribution in [-0.2, 0) is 6.42 Å². The summed E-state index contributed by atoms with van der Waals surface area (Å²) in [6.07, 6.45) is 0.753. The Kier molecular flexibility index (Phi) is 2.04. The molecule has 74 valence electrons. The molecule has 0 aliphatic carbocycles. The van der Waals surface area contributed by atoms with Gasteiger partial charge in [-0.2, -0.15) is 0 Å². The number of hydrogen-bond acceptors (Lipinski definition) is 3. The van der Waals surface area contributed by atoms with Crippen molar-refractivity contribution in [1.82, 2.24) is 5.32 Å². The molecule has 0 bridgehead atoms. The van der Waals surface area contributed by atoms with E-state index in [1.165, 1.54) is 0 Å². The smallest absolute Gasteiger partial charge is 0.251 e. The molecular formula is C10H12N2O2. The highest BCUT2D eigenvalue weighted by atomic mass is 16.5. The molecular weight excluding hydrogens is 180 g/mol. The molecule has 0 saturated heterocycles. The Morgan fingerprint density at radius 1 is 1.57 bits per heavy atom. The van der Waals surface area contributed by atoms with Crippen LogP contribution in [-0.4, -0.2) is 19.6 Å². The highest BCUT2D eigenvalue weighted by Crippen LogP contribution is 2.34. The van der Waals surface area contributed by atoms with Crippen molar-refractivity contribution in [2.45, 2.75) is 6.42 Å². The van der Waals surface area contributed by atoms with Crippen LogP contribution in [0.1, 0.15) is 15.9 Å². The van der Waals surface area contributed by atoms with Crippen LogP contribution in [0.4, 0.5) is 5.69 Å². The molecule has 0 spiro atoms. The quantitative estimate of drug-likeness (QED) is 0.639. The van der Waals surface area contributed by atoms with Gasteiger partial charge in [0.05, 0.1) is 12.3 Å². The highest BCUT2D eigenvalue weighted by Gasteiger charge is 2.21. The fourth-order valence-corrected chi connectivity index (χ4v) is 1.67. The molecule has 0 atom stereocenters. The number of benzene rings is 1. The Morgan fingerprint density at radius 3 is 3.07 bits per heavy atom. The Hall–Kier alpha value is -1.71. The molecule has 1 aliphatic rings. The zero-order valence-electron chi connectivity index (χ0n) is 7.96. The summed E-state index contributed by atoms with van der Waals surface area (Å²) < 4.78 is 5.36. The van der Waals surface area contributed by atoms with Crippen LogP contribution < -0.4 is 15.8 Å². The summed E-state index contributed by atoms with van der Waals surface area (Å²) in [6, 6.07) is 3.44. The van der Waals surface area contributed by atoms with Gasteiger partial charge in [0, 0.05) is 24.6 Å². The maximum absolute atomic E-state index is 11.5. The second-order valence-corrected chi connectivity index (χ2v) is 3.19. The van der Waals surface area contributed by atoms with Crippen LogP contribution in [0, 0.1) is 0 Å². The molecule has 1 aromatic carbocycles.